The van der Waals surface area contributed by atoms with Gasteiger partial charge in [-0.1, -0.05) is 6.08 Å². The van der Waals surface area contributed by atoms with Crippen LogP contribution in [0.25, 0.3) is 0 Å². The van der Waals surface area contributed by atoms with Gasteiger partial charge in [-0.15, -0.1) is 0 Å². The average molecular weight is 286 g/mol. The summed E-state index contributed by atoms with van der Waals surface area (Å²) in [6, 6.07) is 0. The zero-order valence-electron chi connectivity index (χ0n) is 8.87. The summed E-state index contributed by atoms with van der Waals surface area (Å²) < 4.78 is 69.9. The van der Waals surface area contributed by atoms with Gasteiger partial charge >= 0.3 is 19.7 Å². The second kappa shape index (κ2) is 6.44. The lowest BCUT2D eigenvalue weighted by atomic mass is 10.1. The Balaban J connectivity index is 0. The third-order valence-corrected chi connectivity index (χ3v) is 1.56. The molecule has 0 fully saturated rings. The average Bonchev–Trinajstić information content (AvgIpc) is 2.13. The number of halogens is 5. The zero-order chi connectivity index (χ0) is 14.5. The van der Waals surface area contributed by atoms with Gasteiger partial charge in [-0.05, 0) is 19.4 Å². The van der Waals surface area contributed by atoms with E-state index in [2.05, 4.69) is 0 Å². The number of alkyl halides is 5. The molecule has 3 N–H and O–H groups in total. The Labute approximate surface area is 94.0 Å². The normalized spacial score (nSPS) is 14.1. The Morgan fingerprint density at radius 3 is 1.71 bits per heavy atom. The minimum absolute atomic E-state index is 0.829. The Hall–Kier alpha value is -0.500. The van der Waals surface area contributed by atoms with Crippen molar-refractivity contribution in [1.29, 1.82) is 0 Å². The van der Waals surface area contributed by atoms with Crippen molar-refractivity contribution in [3.63, 3.8) is 0 Å². The van der Waals surface area contributed by atoms with Gasteiger partial charge in [0.15, 0.2) is 6.67 Å². The summed E-state index contributed by atoms with van der Waals surface area (Å²) >= 11 is 0. The fraction of sp³-hybridized carbons (Fsp3) is 0.714. The predicted molar refractivity (Wildman–Crippen MR) is 49.6 cm³/mol. The number of hydrogen-bond donors (Lipinski definition) is 3. The van der Waals surface area contributed by atoms with Gasteiger partial charge in [-0.25, -0.2) is 8.96 Å². The second-order valence-corrected chi connectivity index (χ2v) is 3.92. The van der Waals surface area contributed by atoms with Crippen molar-refractivity contribution in [3.05, 3.63) is 11.6 Å². The molecule has 0 unspecified atom stereocenters. The van der Waals surface area contributed by atoms with E-state index in [0.717, 1.165) is 13.0 Å². The molecule has 0 aliphatic rings. The molecule has 104 valence electrons. The summed E-state index contributed by atoms with van der Waals surface area (Å²) in [4.78, 5) is 21.6. The monoisotopic (exact) mass is 286 g/mol. The van der Waals surface area contributed by atoms with Crippen LogP contribution in [-0.4, -0.2) is 33.2 Å². The SMILES string of the molecule is C/C=C(\C)C(F)(F)C(F)(F)CF.O=P(O)(O)O. The minimum atomic E-state index is -4.64. The highest BCUT2D eigenvalue weighted by Crippen LogP contribution is 2.39. The first-order valence-electron chi connectivity index (χ1n) is 4.03. The Morgan fingerprint density at radius 1 is 1.24 bits per heavy atom. The quantitative estimate of drug-likeness (QED) is 0.422. The van der Waals surface area contributed by atoms with Crippen LogP contribution in [0.15, 0.2) is 11.6 Å². The molecule has 0 heterocycles. The number of rotatable bonds is 3. The van der Waals surface area contributed by atoms with Crippen LogP contribution in [0.1, 0.15) is 13.8 Å². The maximum absolute atomic E-state index is 12.5. The van der Waals surface area contributed by atoms with Gasteiger partial charge in [0.2, 0.25) is 0 Å². The van der Waals surface area contributed by atoms with Gasteiger partial charge in [-0.3, -0.25) is 0 Å². The predicted octanol–water partition coefficient (Wildman–Crippen LogP) is 2.26. The number of phosphoric acid groups is 1. The minimum Gasteiger partial charge on any atom is -0.303 e. The molecule has 0 aliphatic carbocycles. The van der Waals surface area contributed by atoms with E-state index in [1.807, 2.05) is 0 Å². The highest BCUT2D eigenvalue weighted by Gasteiger charge is 2.57. The molecule has 17 heavy (non-hydrogen) atoms. The van der Waals surface area contributed by atoms with E-state index in [-0.39, 0.29) is 0 Å². The maximum Gasteiger partial charge on any atom is 0.466 e. The van der Waals surface area contributed by atoms with Crippen molar-refractivity contribution >= 4 is 7.82 Å². The van der Waals surface area contributed by atoms with Crippen LogP contribution >= 0.6 is 7.82 Å². The number of hydrogen-bond acceptors (Lipinski definition) is 1. The van der Waals surface area contributed by atoms with Crippen molar-refractivity contribution in [2.45, 2.75) is 25.7 Å². The third kappa shape index (κ3) is 7.43. The van der Waals surface area contributed by atoms with E-state index < -0.39 is 31.9 Å². The maximum atomic E-state index is 12.5. The fourth-order valence-corrected chi connectivity index (χ4v) is 0.554. The van der Waals surface area contributed by atoms with Crippen LogP contribution in [0, 0.1) is 0 Å². The van der Waals surface area contributed by atoms with Gasteiger partial charge in [-0.2, -0.15) is 17.6 Å². The first-order chi connectivity index (χ1) is 7.29. The third-order valence-electron chi connectivity index (χ3n) is 1.56. The van der Waals surface area contributed by atoms with Crippen LogP contribution in [0.3, 0.4) is 0 Å². The first-order valence-corrected chi connectivity index (χ1v) is 5.59. The molecule has 0 spiro atoms. The molecule has 0 saturated heterocycles. The van der Waals surface area contributed by atoms with Crippen LogP contribution in [-0.2, 0) is 4.57 Å². The van der Waals surface area contributed by atoms with Crippen molar-refractivity contribution in [1.82, 2.24) is 0 Å². The largest absolute Gasteiger partial charge is 0.466 e. The molecule has 0 bridgehead atoms. The summed E-state index contributed by atoms with van der Waals surface area (Å²) in [5.41, 5.74) is -0.829. The van der Waals surface area contributed by atoms with E-state index in [0.29, 0.717) is 0 Å². The summed E-state index contributed by atoms with van der Waals surface area (Å²) in [6.07, 6.45) is 0.837. The molecule has 10 heteroatoms. The molecule has 0 aromatic carbocycles. The molecule has 4 nitrogen and oxygen atoms in total. The van der Waals surface area contributed by atoms with Gasteiger partial charge < -0.3 is 14.7 Å². The molecule has 0 atom stereocenters. The van der Waals surface area contributed by atoms with Gasteiger partial charge in [0.1, 0.15) is 0 Å². The highest BCUT2D eigenvalue weighted by atomic mass is 31.2. The molecule has 0 saturated carbocycles. The molecule has 0 amide bonds. The lowest BCUT2D eigenvalue weighted by Gasteiger charge is -2.24. The smallest absolute Gasteiger partial charge is 0.303 e. The van der Waals surface area contributed by atoms with Crippen molar-refractivity contribution in [3.8, 4) is 0 Å². The van der Waals surface area contributed by atoms with Crippen LogP contribution in [0.4, 0.5) is 22.0 Å². The van der Waals surface area contributed by atoms with E-state index in [4.69, 9.17) is 19.2 Å². The summed E-state index contributed by atoms with van der Waals surface area (Å²) in [6.45, 7) is -0.327. The molecular weight excluding hydrogens is 274 g/mol. The van der Waals surface area contributed by atoms with Crippen LogP contribution in [0.5, 0.6) is 0 Å². The molecule has 0 aromatic heterocycles. The van der Waals surface area contributed by atoms with E-state index in [1.54, 1.807) is 0 Å². The van der Waals surface area contributed by atoms with Crippen LogP contribution < -0.4 is 0 Å². The second-order valence-electron chi connectivity index (χ2n) is 2.90. The highest BCUT2D eigenvalue weighted by molar-refractivity contribution is 7.45. The summed E-state index contributed by atoms with van der Waals surface area (Å²) in [5, 5.41) is 0. The van der Waals surface area contributed by atoms with Crippen molar-refractivity contribution in [2.75, 3.05) is 6.67 Å². The van der Waals surface area contributed by atoms with E-state index in [9.17, 15) is 22.0 Å². The molecule has 0 aromatic rings. The molecule has 0 radical (unpaired) electrons. The zero-order valence-corrected chi connectivity index (χ0v) is 9.77. The Morgan fingerprint density at radius 2 is 1.53 bits per heavy atom. The topological polar surface area (TPSA) is 77.8 Å². The summed E-state index contributed by atoms with van der Waals surface area (Å²) in [7, 11) is -4.64. The van der Waals surface area contributed by atoms with Crippen LogP contribution in [0.2, 0.25) is 0 Å². The van der Waals surface area contributed by atoms with Gasteiger partial charge in [0.05, 0.1) is 0 Å². The molecular formula is C7H12F5O4P. The first kappa shape index (κ1) is 18.9. The summed E-state index contributed by atoms with van der Waals surface area (Å²) in [5.74, 6) is -9.00. The molecule has 0 rings (SSSR count). The molecule has 0 aliphatic heterocycles. The van der Waals surface area contributed by atoms with E-state index >= 15 is 0 Å². The Bertz CT molecular complexity index is 303. The fourth-order valence-electron chi connectivity index (χ4n) is 0.554. The van der Waals surface area contributed by atoms with Crippen molar-refractivity contribution in [2.24, 2.45) is 0 Å². The van der Waals surface area contributed by atoms with Crippen molar-refractivity contribution < 1.29 is 41.2 Å². The number of allylic oxidation sites excluding steroid dienone is 2. The lowest BCUT2D eigenvalue weighted by molar-refractivity contribution is -0.193. The Kier molecular flexibility index (Phi) is 7.14. The standard InChI is InChI=1S/C7H9F5.H3O4P/c1-3-5(2)7(11,12)6(9,10)4-8;1-5(2,3)4/h3H,4H2,1-2H3;(H3,1,2,3,4)/b5-3+;. The lowest BCUT2D eigenvalue weighted by Crippen LogP contribution is -2.43. The van der Waals surface area contributed by atoms with Gasteiger partial charge in [0.25, 0.3) is 0 Å². The van der Waals surface area contributed by atoms with Gasteiger partial charge in [0, 0.05) is 0 Å². The van der Waals surface area contributed by atoms with E-state index in [1.165, 1.54) is 6.92 Å².